The molecule has 0 saturated carbocycles. The number of hydrogen-bond acceptors (Lipinski definition) is 4. The smallest absolute Gasteiger partial charge is 0.308 e. The van der Waals surface area contributed by atoms with E-state index in [1.54, 1.807) is 13.8 Å². The second-order valence-corrected chi connectivity index (χ2v) is 4.56. The highest BCUT2D eigenvalue weighted by molar-refractivity contribution is 5.95. The lowest BCUT2D eigenvalue weighted by molar-refractivity contribution is -0.387. The molecule has 1 amide bonds. The first-order chi connectivity index (χ1) is 9.23. The molecule has 0 aliphatic carbocycles. The fourth-order valence-corrected chi connectivity index (χ4v) is 1.40. The molecule has 0 spiro atoms. The average Bonchev–Trinajstić information content (AvgIpc) is 2.37. The van der Waals surface area contributed by atoms with Crippen LogP contribution in [-0.4, -0.2) is 28.6 Å². The number of carbonyl (C=O) groups is 1. The summed E-state index contributed by atoms with van der Waals surface area (Å²) in [5.41, 5.74) is -1.88. The van der Waals surface area contributed by atoms with Gasteiger partial charge in [-0.15, -0.1) is 0 Å². The molecule has 20 heavy (non-hydrogen) atoms. The van der Waals surface area contributed by atoms with Crippen LogP contribution < -0.4 is 5.32 Å². The summed E-state index contributed by atoms with van der Waals surface area (Å²) < 4.78 is 26.9. The van der Waals surface area contributed by atoms with E-state index in [0.29, 0.717) is 12.1 Å². The van der Waals surface area contributed by atoms with Crippen LogP contribution in [0.2, 0.25) is 0 Å². The van der Waals surface area contributed by atoms with E-state index in [9.17, 15) is 28.8 Å². The molecule has 1 atom stereocenters. The van der Waals surface area contributed by atoms with Crippen molar-refractivity contribution in [1.29, 1.82) is 0 Å². The van der Waals surface area contributed by atoms with E-state index in [1.165, 1.54) is 0 Å². The highest BCUT2D eigenvalue weighted by Crippen LogP contribution is 2.22. The van der Waals surface area contributed by atoms with Gasteiger partial charge in [-0.3, -0.25) is 14.9 Å². The molecule has 0 heterocycles. The van der Waals surface area contributed by atoms with E-state index >= 15 is 0 Å². The molecule has 0 fully saturated rings. The Morgan fingerprint density at radius 3 is 2.55 bits per heavy atom. The number of nitrogens with zero attached hydrogens (tertiary/aromatic N) is 1. The van der Waals surface area contributed by atoms with Gasteiger partial charge < -0.3 is 10.4 Å². The lowest BCUT2D eigenvalue weighted by Gasteiger charge is -2.15. The van der Waals surface area contributed by atoms with Crippen LogP contribution in [0.5, 0.6) is 0 Å². The monoisotopic (exact) mass is 288 g/mol. The normalized spacial score (nSPS) is 12.3. The SMILES string of the molecule is CC(C)C(O)CNC(=O)c1cc(F)cc([N+](=O)[O-])c1F. The van der Waals surface area contributed by atoms with Gasteiger partial charge in [0.25, 0.3) is 5.91 Å². The van der Waals surface area contributed by atoms with Crippen LogP contribution in [0.1, 0.15) is 24.2 Å². The Morgan fingerprint density at radius 1 is 1.45 bits per heavy atom. The molecule has 0 saturated heterocycles. The van der Waals surface area contributed by atoms with Gasteiger partial charge in [0.1, 0.15) is 5.82 Å². The third-order valence-corrected chi connectivity index (χ3v) is 2.70. The van der Waals surface area contributed by atoms with Crippen molar-refractivity contribution in [2.75, 3.05) is 6.54 Å². The highest BCUT2D eigenvalue weighted by atomic mass is 19.1. The van der Waals surface area contributed by atoms with Gasteiger partial charge in [0.05, 0.1) is 22.7 Å². The summed E-state index contributed by atoms with van der Waals surface area (Å²) in [5, 5.41) is 22.2. The first-order valence-corrected chi connectivity index (χ1v) is 5.83. The van der Waals surface area contributed by atoms with Gasteiger partial charge >= 0.3 is 5.69 Å². The number of nitrogens with one attached hydrogen (secondary N) is 1. The van der Waals surface area contributed by atoms with E-state index in [-0.39, 0.29) is 12.5 Å². The number of nitro groups is 1. The molecule has 0 bridgehead atoms. The summed E-state index contributed by atoms with van der Waals surface area (Å²) >= 11 is 0. The van der Waals surface area contributed by atoms with Crippen molar-refractivity contribution in [3.05, 3.63) is 39.4 Å². The van der Waals surface area contributed by atoms with Crippen molar-refractivity contribution < 1.29 is 23.6 Å². The maximum absolute atomic E-state index is 13.7. The predicted octanol–water partition coefficient (Wildman–Crippen LogP) is 1.62. The Labute approximate surface area is 113 Å². The minimum Gasteiger partial charge on any atom is -0.391 e. The Hall–Kier alpha value is -2.09. The Balaban J connectivity index is 2.96. The number of halogens is 2. The fourth-order valence-electron chi connectivity index (χ4n) is 1.40. The summed E-state index contributed by atoms with van der Waals surface area (Å²) in [4.78, 5) is 21.1. The maximum atomic E-state index is 13.7. The summed E-state index contributed by atoms with van der Waals surface area (Å²) in [6.45, 7) is 3.26. The summed E-state index contributed by atoms with van der Waals surface area (Å²) in [6.07, 6.45) is -0.856. The molecule has 0 radical (unpaired) electrons. The van der Waals surface area contributed by atoms with Crippen LogP contribution in [0.3, 0.4) is 0 Å². The quantitative estimate of drug-likeness (QED) is 0.636. The molecular formula is C12H14F2N2O4. The van der Waals surface area contributed by atoms with Crippen molar-refractivity contribution in [3.8, 4) is 0 Å². The van der Waals surface area contributed by atoms with Crippen LogP contribution in [0, 0.1) is 27.7 Å². The summed E-state index contributed by atoms with van der Waals surface area (Å²) in [7, 11) is 0. The molecule has 0 aliphatic rings. The van der Waals surface area contributed by atoms with Crippen LogP contribution >= 0.6 is 0 Å². The predicted molar refractivity (Wildman–Crippen MR) is 66.2 cm³/mol. The van der Waals surface area contributed by atoms with Gasteiger partial charge in [-0.25, -0.2) is 4.39 Å². The molecule has 1 aromatic rings. The number of nitro benzene ring substituents is 1. The number of carbonyl (C=O) groups excluding carboxylic acids is 1. The van der Waals surface area contributed by atoms with Crippen LogP contribution in [0.15, 0.2) is 12.1 Å². The standard InChI is InChI=1S/C12H14F2N2O4/c1-6(2)10(17)5-15-12(18)8-3-7(13)4-9(11(8)14)16(19)20/h3-4,6,10,17H,5H2,1-2H3,(H,15,18). The zero-order valence-electron chi connectivity index (χ0n) is 10.9. The van der Waals surface area contributed by atoms with E-state index < -0.39 is 39.8 Å². The van der Waals surface area contributed by atoms with E-state index in [1.807, 2.05) is 0 Å². The lowest BCUT2D eigenvalue weighted by atomic mass is 10.1. The highest BCUT2D eigenvalue weighted by Gasteiger charge is 2.24. The minimum atomic E-state index is -1.41. The molecule has 1 aromatic carbocycles. The molecule has 1 rings (SSSR count). The zero-order chi connectivity index (χ0) is 15.4. The van der Waals surface area contributed by atoms with Gasteiger partial charge in [0.2, 0.25) is 5.82 Å². The van der Waals surface area contributed by atoms with Gasteiger partial charge in [0.15, 0.2) is 0 Å². The number of benzene rings is 1. The lowest BCUT2D eigenvalue weighted by Crippen LogP contribution is -2.35. The number of hydrogen-bond donors (Lipinski definition) is 2. The van der Waals surface area contributed by atoms with E-state index in [4.69, 9.17) is 0 Å². The largest absolute Gasteiger partial charge is 0.391 e. The first kappa shape index (κ1) is 16.0. The molecule has 0 aliphatic heterocycles. The Kier molecular flexibility index (Phi) is 5.09. The first-order valence-electron chi connectivity index (χ1n) is 5.83. The Morgan fingerprint density at radius 2 is 2.05 bits per heavy atom. The van der Waals surface area contributed by atoms with Crippen LogP contribution in [0.4, 0.5) is 14.5 Å². The molecule has 110 valence electrons. The van der Waals surface area contributed by atoms with Gasteiger partial charge in [-0.1, -0.05) is 13.8 Å². The third-order valence-electron chi connectivity index (χ3n) is 2.70. The van der Waals surface area contributed by atoms with Crippen LogP contribution in [-0.2, 0) is 0 Å². The van der Waals surface area contributed by atoms with Gasteiger partial charge in [-0.2, -0.15) is 4.39 Å². The van der Waals surface area contributed by atoms with E-state index in [0.717, 1.165) is 0 Å². The summed E-state index contributed by atoms with van der Waals surface area (Å²) in [5.74, 6) is -3.66. The molecule has 0 aromatic heterocycles. The van der Waals surface area contributed by atoms with Crippen molar-refractivity contribution in [2.45, 2.75) is 20.0 Å². The molecule has 2 N–H and O–H groups in total. The minimum absolute atomic E-state index is 0.137. The Bertz CT molecular complexity index is 534. The van der Waals surface area contributed by atoms with E-state index in [2.05, 4.69) is 5.32 Å². The van der Waals surface area contributed by atoms with Crippen LogP contribution in [0.25, 0.3) is 0 Å². The fraction of sp³-hybridized carbons (Fsp3) is 0.417. The molecule has 8 heteroatoms. The third kappa shape index (κ3) is 3.70. The topological polar surface area (TPSA) is 92.5 Å². The van der Waals surface area contributed by atoms with Crippen molar-refractivity contribution in [1.82, 2.24) is 5.32 Å². The number of rotatable bonds is 5. The zero-order valence-corrected chi connectivity index (χ0v) is 10.9. The van der Waals surface area contributed by atoms with Gasteiger partial charge in [0, 0.05) is 6.54 Å². The number of aliphatic hydroxyl groups is 1. The molecular weight excluding hydrogens is 274 g/mol. The molecule has 6 nitrogen and oxygen atoms in total. The van der Waals surface area contributed by atoms with Gasteiger partial charge in [-0.05, 0) is 12.0 Å². The number of amides is 1. The van der Waals surface area contributed by atoms with Crippen molar-refractivity contribution in [2.24, 2.45) is 5.92 Å². The summed E-state index contributed by atoms with van der Waals surface area (Å²) in [6, 6.07) is 0.967. The maximum Gasteiger partial charge on any atom is 0.308 e. The second kappa shape index (κ2) is 6.38. The average molecular weight is 288 g/mol. The number of aliphatic hydroxyl groups excluding tert-OH is 1. The van der Waals surface area contributed by atoms with Crippen molar-refractivity contribution in [3.63, 3.8) is 0 Å². The van der Waals surface area contributed by atoms with Crippen molar-refractivity contribution >= 4 is 11.6 Å². The second-order valence-electron chi connectivity index (χ2n) is 4.56. The molecule has 1 unspecified atom stereocenters.